The van der Waals surface area contributed by atoms with Gasteiger partial charge in [-0.2, -0.15) is 0 Å². The summed E-state index contributed by atoms with van der Waals surface area (Å²) in [5.74, 6) is -0.697. The molecule has 4 rings (SSSR count). The molecule has 3 aromatic rings. The summed E-state index contributed by atoms with van der Waals surface area (Å²) in [6, 6.07) is 8.31. The lowest BCUT2D eigenvalue weighted by molar-refractivity contribution is -0.117. The number of H-pyrrole nitrogens is 1. The number of aromatic nitrogens is 2. The average molecular weight is 395 g/mol. The molecular weight excluding hydrogens is 378 g/mol. The van der Waals surface area contributed by atoms with Crippen molar-refractivity contribution in [1.82, 2.24) is 9.97 Å². The van der Waals surface area contributed by atoms with Gasteiger partial charge in [-0.25, -0.2) is 4.98 Å². The van der Waals surface area contributed by atoms with Crippen LogP contribution in [0.3, 0.4) is 0 Å². The highest BCUT2D eigenvalue weighted by molar-refractivity contribution is 7.14. The number of rotatable bonds is 6. The predicted molar refractivity (Wildman–Crippen MR) is 106 cm³/mol. The van der Waals surface area contributed by atoms with E-state index in [4.69, 9.17) is 5.73 Å². The molecule has 1 fully saturated rings. The third-order valence-corrected chi connectivity index (χ3v) is 5.09. The molecule has 3 amide bonds. The number of nitrogens with zero attached hydrogens (tertiary/aromatic N) is 1. The van der Waals surface area contributed by atoms with E-state index in [1.807, 2.05) is 0 Å². The van der Waals surface area contributed by atoms with Crippen molar-refractivity contribution in [2.75, 3.05) is 10.6 Å². The second-order valence-electron chi connectivity index (χ2n) is 6.50. The first-order valence-electron chi connectivity index (χ1n) is 8.66. The minimum atomic E-state index is -0.549. The molecule has 0 saturated heterocycles. The molecule has 1 saturated carbocycles. The summed E-state index contributed by atoms with van der Waals surface area (Å²) in [5, 5.41) is 7.80. The van der Waals surface area contributed by atoms with Gasteiger partial charge < -0.3 is 16.0 Å². The molecule has 0 bridgehead atoms. The smallest absolute Gasteiger partial charge is 0.265 e. The van der Waals surface area contributed by atoms with E-state index in [-0.39, 0.29) is 17.7 Å². The van der Waals surface area contributed by atoms with E-state index < -0.39 is 5.91 Å². The van der Waals surface area contributed by atoms with E-state index in [1.165, 1.54) is 11.3 Å². The molecule has 1 aliphatic carbocycles. The Morgan fingerprint density at radius 1 is 1.14 bits per heavy atom. The van der Waals surface area contributed by atoms with Crippen LogP contribution in [0.5, 0.6) is 0 Å². The Bertz CT molecular complexity index is 1050. The van der Waals surface area contributed by atoms with Crippen molar-refractivity contribution >= 4 is 39.9 Å². The highest BCUT2D eigenvalue weighted by Crippen LogP contribution is 2.30. The van der Waals surface area contributed by atoms with Crippen molar-refractivity contribution in [3.05, 3.63) is 53.2 Å². The zero-order chi connectivity index (χ0) is 19.7. The van der Waals surface area contributed by atoms with Crippen LogP contribution >= 0.6 is 11.3 Å². The summed E-state index contributed by atoms with van der Waals surface area (Å²) >= 11 is 1.28. The summed E-state index contributed by atoms with van der Waals surface area (Å²) in [4.78, 5) is 42.5. The molecule has 0 spiro atoms. The molecule has 5 N–H and O–H groups in total. The number of amides is 3. The minimum Gasteiger partial charge on any atom is -0.364 e. The molecule has 142 valence electrons. The number of thiazole rings is 1. The van der Waals surface area contributed by atoms with Gasteiger partial charge in [-0.15, -0.1) is 11.3 Å². The first-order valence-corrected chi connectivity index (χ1v) is 9.54. The second-order valence-corrected chi connectivity index (χ2v) is 7.36. The van der Waals surface area contributed by atoms with Gasteiger partial charge in [0.1, 0.15) is 5.69 Å². The van der Waals surface area contributed by atoms with Crippen LogP contribution in [0.25, 0.3) is 11.3 Å². The van der Waals surface area contributed by atoms with Gasteiger partial charge in [0.15, 0.2) is 5.13 Å². The number of nitrogens with two attached hydrogens (primary N) is 1. The van der Waals surface area contributed by atoms with Crippen LogP contribution in [0.1, 0.15) is 33.7 Å². The molecule has 9 heteroatoms. The van der Waals surface area contributed by atoms with Gasteiger partial charge in [0.05, 0.1) is 5.69 Å². The maximum absolute atomic E-state index is 12.4. The Morgan fingerprint density at radius 2 is 1.89 bits per heavy atom. The van der Waals surface area contributed by atoms with Crippen molar-refractivity contribution in [3.63, 3.8) is 0 Å². The molecule has 8 nitrogen and oxygen atoms in total. The Kier molecular flexibility index (Phi) is 4.66. The zero-order valence-corrected chi connectivity index (χ0v) is 15.5. The quantitative estimate of drug-likeness (QED) is 0.511. The van der Waals surface area contributed by atoms with Crippen LogP contribution in [0.15, 0.2) is 41.9 Å². The first-order chi connectivity index (χ1) is 13.5. The lowest BCUT2D eigenvalue weighted by atomic mass is 10.2. The normalized spacial score (nSPS) is 13.1. The summed E-state index contributed by atoms with van der Waals surface area (Å²) in [6.07, 6.45) is 3.51. The molecule has 2 aromatic heterocycles. The van der Waals surface area contributed by atoms with Gasteiger partial charge in [0.25, 0.3) is 11.8 Å². The molecule has 2 heterocycles. The number of aromatic amines is 1. The van der Waals surface area contributed by atoms with Crippen LogP contribution in [-0.2, 0) is 4.79 Å². The Labute approximate surface area is 164 Å². The number of primary amides is 1. The topological polar surface area (TPSA) is 130 Å². The maximum Gasteiger partial charge on any atom is 0.265 e. The Morgan fingerprint density at radius 3 is 2.54 bits per heavy atom. The Hall–Kier alpha value is -3.46. The van der Waals surface area contributed by atoms with Crippen molar-refractivity contribution in [3.8, 4) is 11.3 Å². The van der Waals surface area contributed by atoms with Crippen molar-refractivity contribution in [2.24, 2.45) is 11.7 Å². The van der Waals surface area contributed by atoms with Crippen molar-refractivity contribution in [2.45, 2.75) is 12.8 Å². The molecule has 0 atom stereocenters. The fourth-order valence-electron chi connectivity index (χ4n) is 2.61. The maximum atomic E-state index is 12.4. The van der Waals surface area contributed by atoms with Gasteiger partial charge in [0.2, 0.25) is 5.91 Å². The van der Waals surface area contributed by atoms with E-state index in [2.05, 4.69) is 20.6 Å². The highest BCUT2D eigenvalue weighted by atomic mass is 32.1. The lowest BCUT2D eigenvalue weighted by Crippen LogP contribution is -2.14. The highest BCUT2D eigenvalue weighted by Gasteiger charge is 2.29. The van der Waals surface area contributed by atoms with E-state index in [9.17, 15) is 14.4 Å². The summed E-state index contributed by atoms with van der Waals surface area (Å²) in [6.45, 7) is 0. The SMILES string of the molecule is NC(=O)c1cc(-c2csc(NC(=O)c3ccc(NC(=O)C4CC4)cc3)n2)c[nH]1. The molecule has 0 unspecified atom stereocenters. The first kappa shape index (κ1) is 17.9. The van der Waals surface area contributed by atoms with E-state index in [1.54, 1.807) is 41.9 Å². The Balaban J connectivity index is 1.40. The van der Waals surface area contributed by atoms with E-state index in [0.717, 1.165) is 12.8 Å². The fraction of sp³-hybridized carbons (Fsp3) is 0.158. The standard InChI is InChI=1S/C19H17N5O3S/c20-16(25)14-7-12(8-21-14)15-9-28-19(23-15)24-18(27)11-3-5-13(6-4-11)22-17(26)10-1-2-10/h3-10,21H,1-2H2,(H2,20,25)(H,22,26)(H,23,24,27). The molecule has 28 heavy (non-hydrogen) atoms. The van der Waals surface area contributed by atoms with Crippen molar-refractivity contribution < 1.29 is 14.4 Å². The molecular formula is C19H17N5O3S. The van der Waals surface area contributed by atoms with Gasteiger partial charge in [0, 0.05) is 34.3 Å². The largest absolute Gasteiger partial charge is 0.364 e. The van der Waals surface area contributed by atoms with Gasteiger partial charge >= 0.3 is 0 Å². The number of benzene rings is 1. The van der Waals surface area contributed by atoms with Crippen LogP contribution < -0.4 is 16.4 Å². The monoisotopic (exact) mass is 395 g/mol. The van der Waals surface area contributed by atoms with Crippen LogP contribution in [0.4, 0.5) is 10.8 Å². The van der Waals surface area contributed by atoms with E-state index >= 15 is 0 Å². The second kappa shape index (κ2) is 7.28. The number of carbonyl (C=O) groups is 3. The lowest BCUT2D eigenvalue weighted by Gasteiger charge is -2.06. The summed E-state index contributed by atoms with van der Waals surface area (Å²) < 4.78 is 0. The third kappa shape index (κ3) is 3.94. The number of carbonyl (C=O) groups excluding carboxylic acids is 3. The zero-order valence-electron chi connectivity index (χ0n) is 14.7. The van der Waals surface area contributed by atoms with Gasteiger partial charge in [-0.05, 0) is 43.2 Å². The number of anilines is 2. The van der Waals surface area contributed by atoms with Gasteiger partial charge in [-0.3, -0.25) is 19.7 Å². The molecule has 1 aromatic carbocycles. The fourth-order valence-corrected chi connectivity index (χ4v) is 3.33. The average Bonchev–Trinajstić information content (AvgIpc) is 3.23. The minimum absolute atomic E-state index is 0.0248. The third-order valence-electron chi connectivity index (χ3n) is 4.33. The van der Waals surface area contributed by atoms with Crippen LogP contribution in [-0.4, -0.2) is 27.7 Å². The molecule has 1 aliphatic rings. The summed E-state index contributed by atoms with van der Waals surface area (Å²) in [5.41, 5.74) is 7.98. The number of nitrogens with one attached hydrogen (secondary N) is 3. The molecule has 0 aliphatic heterocycles. The summed E-state index contributed by atoms with van der Waals surface area (Å²) in [7, 11) is 0. The number of hydrogen-bond acceptors (Lipinski definition) is 5. The van der Waals surface area contributed by atoms with Crippen LogP contribution in [0.2, 0.25) is 0 Å². The van der Waals surface area contributed by atoms with Gasteiger partial charge in [-0.1, -0.05) is 0 Å². The number of hydrogen-bond donors (Lipinski definition) is 4. The van der Waals surface area contributed by atoms with E-state index in [0.29, 0.717) is 33.3 Å². The van der Waals surface area contributed by atoms with Crippen LogP contribution in [0, 0.1) is 5.92 Å². The predicted octanol–water partition coefficient (Wildman–Crippen LogP) is 2.84. The van der Waals surface area contributed by atoms with Crippen molar-refractivity contribution in [1.29, 1.82) is 0 Å². The molecule has 0 radical (unpaired) electrons.